The molecule has 2 heteroatoms. The third-order valence-corrected chi connectivity index (χ3v) is 8.35. The van der Waals surface area contributed by atoms with Gasteiger partial charge in [0, 0.05) is 0 Å². The lowest BCUT2D eigenvalue weighted by Gasteiger charge is -2.51. The Labute approximate surface area is 169 Å². The summed E-state index contributed by atoms with van der Waals surface area (Å²) in [5, 5.41) is 0.249. The average molecular weight is 389 g/mol. The monoisotopic (exact) mass is 388 g/mol. The molecule has 148 valence electrons. The first-order chi connectivity index (χ1) is 13.2. The summed E-state index contributed by atoms with van der Waals surface area (Å²) < 4.78 is 13.9. The Morgan fingerprint density at radius 2 is 1.74 bits per heavy atom. The molecule has 0 nitrogen and oxygen atoms in total. The van der Waals surface area contributed by atoms with Crippen molar-refractivity contribution in [1.82, 2.24) is 0 Å². The van der Waals surface area contributed by atoms with Crippen LogP contribution in [0.4, 0.5) is 4.39 Å². The molecule has 0 bridgehead atoms. The van der Waals surface area contributed by atoms with Crippen LogP contribution in [0.1, 0.15) is 82.6 Å². The van der Waals surface area contributed by atoms with E-state index >= 15 is 0 Å². The molecule has 0 heterocycles. The molecule has 3 saturated carbocycles. The third-order valence-electron chi connectivity index (χ3n) is 8.04. The fourth-order valence-corrected chi connectivity index (χ4v) is 6.84. The molecular formula is C25H34ClF. The first-order valence-corrected chi connectivity index (χ1v) is 11.6. The van der Waals surface area contributed by atoms with Crippen molar-refractivity contribution < 1.29 is 4.39 Å². The highest BCUT2D eigenvalue weighted by atomic mass is 35.5. The second kappa shape index (κ2) is 8.68. The lowest BCUT2D eigenvalue weighted by atomic mass is 9.55. The van der Waals surface area contributed by atoms with E-state index in [-0.39, 0.29) is 10.8 Å². The van der Waals surface area contributed by atoms with Gasteiger partial charge in [0.25, 0.3) is 0 Å². The molecule has 6 atom stereocenters. The van der Waals surface area contributed by atoms with Crippen LogP contribution in [0.2, 0.25) is 5.02 Å². The molecule has 4 rings (SSSR count). The van der Waals surface area contributed by atoms with Crippen molar-refractivity contribution in [3.63, 3.8) is 0 Å². The topological polar surface area (TPSA) is 0 Å². The fourth-order valence-electron chi connectivity index (χ4n) is 6.72. The van der Waals surface area contributed by atoms with Gasteiger partial charge in [-0.2, -0.15) is 0 Å². The zero-order valence-electron chi connectivity index (χ0n) is 16.7. The van der Waals surface area contributed by atoms with E-state index in [0.29, 0.717) is 5.92 Å². The molecule has 1 aromatic rings. The zero-order chi connectivity index (χ0) is 18.8. The first kappa shape index (κ1) is 19.5. The van der Waals surface area contributed by atoms with Gasteiger partial charge in [-0.25, -0.2) is 4.39 Å². The summed E-state index contributed by atoms with van der Waals surface area (Å²) in [4.78, 5) is 0. The van der Waals surface area contributed by atoms with E-state index in [0.717, 1.165) is 29.6 Å². The van der Waals surface area contributed by atoms with Crippen LogP contribution in [0.3, 0.4) is 0 Å². The number of rotatable bonds is 4. The van der Waals surface area contributed by atoms with E-state index in [1.54, 1.807) is 12.1 Å². The maximum absolute atomic E-state index is 13.9. The highest BCUT2D eigenvalue weighted by Gasteiger charge is 2.44. The first-order valence-electron chi connectivity index (χ1n) is 11.2. The number of hydrogen-bond donors (Lipinski definition) is 0. The molecule has 0 N–H and O–H groups in total. The zero-order valence-corrected chi connectivity index (χ0v) is 17.4. The van der Waals surface area contributed by atoms with E-state index in [1.165, 1.54) is 69.8 Å². The molecule has 0 aliphatic heterocycles. The maximum atomic E-state index is 13.9. The number of hydrogen-bond acceptors (Lipinski definition) is 0. The standard InChI is InChI=1S/C25H34ClF/c1-2-3-4-5-17-6-11-22-20(14-17)7-8-21-15-18(9-12-23(21)22)19-10-13-24(26)25(27)16-19/h2-3,10,13,16-18,20-23H,4-9,11-12,14-15H2,1H3/b3-2+. The molecule has 27 heavy (non-hydrogen) atoms. The highest BCUT2D eigenvalue weighted by Crippen LogP contribution is 2.55. The minimum atomic E-state index is -0.253. The Morgan fingerprint density at radius 3 is 2.48 bits per heavy atom. The predicted octanol–water partition coefficient (Wildman–Crippen LogP) is 8.16. The minimum Gasteiger partial charge on any atom is -0.205 e. The van der Waals surface area contributed by atoms with Gasteiger partial charge in [-0.3, -0.25) is 0 Å². The van der Waals surface area contributed by atoms with Crippen molar-refractivity contribution in [2.24, 2.45) is 29.6 Å². The van der Waals surface area contributed by atoms with Gasteiger partial charge in [-0.05, 0) is 118 Å². The second-order valence-electron chi connectivity index (χ2n) is 9.43. The van der Waals surface area contributed by atoms with Crippen molar-refractivity contribution in [3.05, 3.63) is 46.8 Å². The Bertz CT molecular complexity index is 666. The molecule has 0 radical (unpaired) electrons. The lowest BCUT2D eigenvalue weighted by molar-refractivity contribution is 0.00564. The second-order valence-corrected chi connectivity index (χ2v) is 9.84. The van der Waals surface area contributed by atoms with Gasteiger partial charge in [-0.1, -0.05) is 36.2 Å². The Hall–Kier alpha value is -0.820. The van der Waals surface area contributed by atoms with E-state index in [2.05, 4.69) is 25.1 Å². The van der Waals surface area contributed by atoms with Crippen molar-refractivity contribution in [3.8, 4) is 0 Å². The van der Waals surface area contributed by atoms with Gasteiger partial charge < -0.3 is 0 Å². The fraction of sp³-hybridized carbons (Fsp3) is 0.680. The van der Waals surface area contributed by atoms with Crippen molar-refractivity contribution in [1.29, 1.82) is 0 Å². The summed E-state index contributed by atoms with van der Waals surface area (Å²) in [6.45, 7) is 2.13. The van der Waals surface area contributed by atoms with Gasteiger partial charge in [0.05, 0.1) is 5.02 Å². The smallest absolute Gasteiger partial charge is 0.142 e. The van der Waals surface area contributed by atoms with Crippen LogP contribution in [-0.2, 0) is 0 Å². The van der Waals surface area contributed by atoms with Crippen LogP contribution < -0.4 is 0 Å². The number of fused-ring (bicyclic) bond motifs is 3. The van der Waals surface area contributed by atoms with Gasteiger partial charge in [0.2, 0.25) is 0 Å². The summed E-state index contributed by atoms with van der Waals surface area (Å²) in [6, 6.07) is 5.48. The van der Waals surface area contributed by atoms with Gasteiger partial charge in [-0.15, -0.1) is 0 Å². The predicted molar refractivity (Wildman–Crippen MR) is 113 cm³/mol. The molecule has 3 aliphatic carbocycles. The van der Waals surface area contributed by atoms with Crippen LogP contribution in [0, 0.1) is 35.4 Å². The third kappa shape index (κ3) is 4.29. The Kier molecular flexibility index (Phi) is 6.27. The average Bonchev–Trinajstić information content (AvgIpc) is 2.69. The minimum absolute atomic E-state index is 0.249. The molecule has 3 aliphatic rings. The van der Waals surface area contributed by atoms with E-state index < -0.39 is 0 Å². The molecule has 0 amide bonds. The van der Waals surface area contributed by atoms with Gasteiger partial charge >= 0.3 is 0 Å². The Balaban J connectivity index is 1.36. The van der Waals surface area contributed by atoms with Crippen LogP contribution in [-0.4, -0.2) is 0 Å². The number of allylic oxidation sites excluding steroid dienone is 2. The number of halogens is 2. The highest BCUT2D eigenvalue weighted by molar-refractivity contribution is 6.30. The van der Waals surface area contributed by atoms with Crippen LogP contribution in [0.5, 0.6) is 0 Å². The summed E-state index contributed by atoms with van der Waals surface area (Å²) in [5.41, 5.74) is 1.17. The van der Waals surface area contributed by atoms with Crippen molar-refractivity contribution >= 4 is 11.6 Å². The number of benzene rings is 1. The molecular weight excluding hydrogens is 355 g/mol. The van der Waals surface area contributed by atoms with Crippen LogP contribution in [0.15, 0.2) is 30.4 Å². The van der Waals surface area contributed by atoms with Gasteiger partial charge in [0.1, 0.15) is 5.82 Å². The van der Waals surface area contributed by atoms with E-state index in [1.807, 2.05) is 0 Å². The quantitative estimate of drug-likeness (QED) is 0.456. The van der Waals surface area contributed by atoms with Crippen molar-refractivity contribution in [2.45, 2.75) is 77.0 Å². The lowest BCUT2D eigenvalue weighted by Crippen LogP contribution is -2.41. The Morgan fingerprint density at radius 1 is 1.00 bits per heavy atom. The van der Waals surface area contributed by atoms with Gasteiger partial charge in [0.15, 0.2) is 0 Å². The summed E-state index contributed by atoms with van der Waals surface area (Å²) in [6.07, 6.45) is 18.3. The molecule has 0 spiro atoms. The van der Waals surface area contributed by atoms with Crippen LogP contribution >= 0.6 is 11.6 Å². The van der Waals surface area contributed by atoms with E-state index in [9.17, 15) is 4.39 Å². The van der Waals surface area contributed by atoms with E-state index in [4.69, 9.17) is 11.6 Å². The molecule has 3 fully saturated rings. The molecule has 6 unspecified atom stereocenters. The van der Waals surface area contributed by atoms with Crippen molar-refractivity contribution in [2.75, 3.05) is 0 Å². The summed E-state index contributed by atoms with van der Waals surface area (Å²) in [7, 11) is 0. The molecule has 1 aromatic carbocycles. The van der Waals surface area contributed by atoms with Crippen LogP contribution in [0.25, 0.3) is 0 Å². The largest absolute Gasteiger partial charge is 0.205 e. The summed E-state index contributed by atoms with van der Waals surface area (Å²) >= 11 is 5.88. The summed E-state index contributed by atoms with van der Waals surface area (Å²) in [5.74, 6) is 5.01. The molecule has 0 saturated heterocycles. The maximum Gasteiger partial charge on any atom is 0.142 e. The molecule has 0 aromatic heterocycles. The SMILES string of the molecule is C/C=C/CCC1CCC2C(CCC3CC(c4ccc(Cl)c(F)c4)CCC32)C1. The normalized spacial score (nSPS) is 36.4.